The molecule has 30 heavy (non-hydrogen) atoms. The quantitative estimate of drug-likeness (QED) is 0.433. The van der Waals surface area contributed by atoms with Crippen LogP contribution < -0.4 is 14.8 Å². The number of aryl methyl sites for hydroxylation is 2. The van der Waals surface area contributed by atoms with E-state index in [2.05, 4.69) is 22.2 Å². The van der Waals surface area contributed by atoms with E-state index in [0.29, 0.717) is 23.1 Å². The molecule has 0 unspecified atom stereocenters. The molecule has 2 heterocycles. The van der Waals surface area contributed by atoms with Gasteiger partial charge in [-0.25, -0.2) is 9.97 Å². The summed E-state index contributed by atoms with van der Waals surface area (Å²) in [5.74, 6) is 2.88. The molecule has 1 amide bonds. The average Bonchev–Trinajstić information content (AvgIpc) is 3.08. The second kappa shape index (κ2) is 8.81. The van der Waals surface area contributed by atoms with Crippen LogP contribution >= 0.6 is 23.1 Å². The highest BCUT2D eigenvalue weighted by Gasteiger charge is 2.24. The molecule has 0 bridgehead atoms. The van der Waals surface area contributed by atoms with Crippen LogP contribution in [0.15, 0.2) is 23.2 Å². The van der Waals surface area contributed by atoms with Gasteiger partial charge in [0.15, 0.2) is 0 Å². The maximum atomic E-state index is 12.6. The van der Waals surface area contributed by atoms with Gasteiger partial charge in [-0.3, -0.25) is 4.79 Å². The molecule has 158 valence electrons. The fourth-order valence-electron chi connectivity index (χ4n) is 3.73. The number of fused-ring (bicyclic) bond motifs is 3. The van der Waals surface area contributed by atoms with Crippen molar-refractivity contribution >= 4 is 44.9 Å². The Bertz CT molecular complexity index is 1070. The second-order valence-corrected chi connectivity index (χ2v) is 9.59. The summed E-state index contributed by atoms with van der Waals surface area (Å²) in [6.07, 6.45) is 3.36. The van der Waals surface area contributed by atoms with Crippen molar-refractivity contribution in [3.8, 4) is 11.5 Å². The molecule has 6 nitrogen and oxygen atoms in total. The van der Waals surface area contributed by atoms with Gasteiger partial charge in [0.05, 0.1) is 20.0 Å². The lowest BCUT2D eigenvalue weighted by Crippen LogP contribution is -2.14. The number of ether oxygens (including phenoxy) is 2. The number of nitrogens with zero attached hydrogens (tertiary/aromatic N) is 2. The number of amides is 1. The lowest BCUT2D eigenvalue weighted by Gasteiger charge is -2.18. The molecule has 8 heteroatoms. The van der Waals surface area contributed by atoms with Crippen molar-refractivity contribution in [1.82, 2.24) is 9.97 Å². The summed E-state index contributed by atoms with van der Waals surface area (Å²) in [6.45, 7) is 4.21. The topological polar surface area (TPSA) is 73.3 Å². The SMILES string of the molecule is COc1cc(NC(=O)CSc2nc(C)nc3sc4c(c23)CC[C@H](C)C4)cc(OC)c1. The molecule has 1 aliphatic rings. The predicted molar refractivity (Wildman–Crippen MR) is 122 cm³/mol. The van der Waals surface area contributed by atoms with Crippen molar-refractivity contribution in [2.45, 2.75) is 38.1 Å². The van der Waals surface area contributed by atoms with Crippen LogP contribution in [0.2, 0.25) is 0 Å². The molecule has 0 spiro atoms. The van der Waals surface area contributed by atoms with E-state index in [0.717, 1.165) is 33.9 Å². The number of aromatic nitrogens is 2. The van der Waals surface area contributed by atoms with Gasteiger partial charge in [-0.1, -0.05) is 18.7 Å². The Morgan fingerprint density at radius 1 is 1.23 bits per heavy atom. The largest absolute Gasteiger partial charge is 0.497 e. The highest BCUT2D eigenvalue weighted by molar-refractivity contribution is 8.00. The number of benzene rings is 1. The van der Waals surface area contributed by atoms with E-state index in [1.54, 1.807) is 43.8 Å². The third kappa shape index (κ3) is 4.39. The number of thioether (sulfide) groups is 1. The summed E-state index contributed by atoms with van der Waals surface area (Å²) in [6, 6.07) is 5.31. The van der Waals surface area contributed by atoms with Crippen molar-refractivity contribution in [3.05, 3.63) is 34.5 Å². The zero-order valence-electron chi connectivity index (χ0n) is 17.6. The van der Waals surface area contributed by atoms with Gasteiger partial charge in [0.25, 0.3) is 0 Å². The van der Waals surface area contributed by atoms with Crippen molar-refractivity contribution in [2.75, 3.05) is 25.3 Å². The molecule has 0 aliphatic heterocycles. The fourth-order valence-corrected chi connectivity index (χ4v) is 6.12. The molecule has 0 radical (unpaired) electrons. The number of rotatable bonds is 6. The number of anilines is 1. The standard InChI is InChI=1S/C22H25N3O3S2/c1-12-5-6-17-18(7-12)30-22-20(17)21(23-13(2)24-22)29-11-19(26)25-14-8-15(27-3)10-16(9-14)28-4/h8-10,12H,5-7,11H2,1-4H3,(H,25,26)/t12-/m0/s1. The number of nitrogens with one attached hydrogen (secondary N) is 1. The van der Waals surface area contributed by atoms with Gasteiger partial charge in [-0.15, -0.1) is 11.3 Å². The Morgan fingerprint density at radius 2 is 1.97 bits per heavy atom. The maximum absolute atomic E-state index is 12.6. The van der Waals surface area contributed by atoms with Crippen LogP contribution in [0.5, 0.6) is 11.5 Å². The molecule has 1 N–H and O–H groups in total. The molecule has 1 aliphatic carbocycles. The highest BCUT2D eigenvalue weighted by Crippen LogP contribution is 2.41. The molecule has 2 aromatic heterocycles. The van der Waals surface area contributed by atoms with Crippen molar-refractivity contribution < 1.29 is 14.3 Å². The van der Waals surface area contributed by atoms with Crippen molar-refractivity contribution in [3.63, 3.8) is 0 Å². The number of methoxy groups -OCH3 is 2. The smallest absolute Gasteiger partial charge is 0.234 e. The van der Waals surface area contributed by atoms with Crippen LogP contribution in [0.1, 0.15) is 29.6 Å². The lowest BCUT2D eigenvalue weighted by atomic mass is 9.89. The zero-order chi connectivity index (χ0) is 21.3. The van der Waals surface area contributed by atoms with Crippen LogP contribution in [0.3, 0.4) is 0 Å². The Labute approximate surface area is 184 Å². The molecule has 0 fully saturated rings. The van der Waals surface area contributed by atoms with Gasteiger partial charge in [0, 0.05) is 34.1 Å². The molecule has 0 saturated heterocycles. The van der Waals surface area contributed by atoms with E-state index in [4.69, 9.17) is 9.47 Å². The first-order chi connectivity index (χ1) is 14.5. The first kappa shape index (κ1) is 20.9. The summed E-state index contributed by atoms with van der Waals surface area (Å²) >= 11 is 3.25. The van der Waals surface area contributed by atoms with Crippen molar-refractivity contribution in [1.29, 1.82) is 0 Å². The molecule has 3 aromatic rings. The van der Waals surface area contributed by atoms with Gasteiger partial charge in [-0.2, -0.15) is 0 Å². The number of hydrogen-bond donors (Lipinski definition) is 1. The molecule has 1 aromatic carbocycles. The van der Waals surface area contributed by atoms with Gasteiger partial charge in [0.1, 0.15) is 27.2 Å². The minimum absolute atomic E-state index is 0.0996. The number of thiophene rings is 1. The maximum Gasteiger partial charge on any atom is 0.234 e. The minimum atomic E-state index is -0.0996. The van der Waals surface area contributed by atoms with E-state index < -0.39 is 0 Å². The Hall–Kier alpha value is -2.32. The van der Waals surface area contributed by atoms with Gasteiger partial charge in [0.2, 0.25) is 5.91 Å². The Morgan fingerprint density at radius 3 is 2.67 bits per heavy atom. The van der Waals surface area contributed by atoms with Crippen molar-refractivity contribution in [2.24, 2.45) is 5.92 Å². The third-order valence-corrected chi connectivity index (χ3v) is 7.33. The third-order valence-electron chi connectivity index (χ3n) is 5.21. The van der Waals surface area contributed by atoms with Gasteiger partial charge >= 0.3 is 0 Å². The summed E-state index contributed by atoms with van der Waals surface area (Å²) < 4.78 is 10.5. The number of carbonyl (C=O) groups excluding carboxylic acids is 1. The number of hydrogen-bond acceptors (Lipinski definition) is 7. The minimum Gasteiger partial charge on any atom is -0.497 e. The summed E-state index contributed by atoms with van der Waals surface area (Å²) in [5.41, 5.74) is 2.02. The van der Waals surface area contributed by atoms with Crippen LogP contribution in [0.25, 0.3) is 10.2 Å². The summed E-state index contributed by atoms with van der Waals surface area (Å²) in [7, 11) is 3.17. The van der Waals surface area contributed by atoms with E-state index in [9.17, 15) is 4.79 Å². The molecule has 0 saturated carbocycles. The molecule has 1 atom stereocenters. The van der Waals surface area contributed by atoms with E-state index >= 15 is 0 Å². The van der Waals surface area contributed by atoms with Gasteiger partial charge in [-0.05, 0) is 37.7 Å². The van der Waals surface area contributed by atoms with E-state index in [-0.39, 0.29) is 11.7 Å². The van der Waals surface area contributed by atoms with E-state index in [1.165, 1.54) is 28.6 Å². The fraction of sp³-hybridized carbons (Fsp3) is 0.409. The Kier molecular flexibility index (Phi) is 6.15. The number of carbonyl (C=O) groups is 1. The molecule has 4 rings (SSSR count). The summed E-state index contributed by atoms with van der Waals surface area (Å²) in [4.78, 5) is 24.4. The first-order valence-corrected chi connectivity index (χ1v) is 11.7. The van der Waals surface area contributed by atoms with Gasteiger partial charge < -0.3 is 14.8 Å². The monoisotopic (exact) mass is 443 g/mol. The predicted octanol–water partition coefficient (Wildman–Crippen LogP) is 4.87. The molecular weight excluding hydrogens is 418 g/mol. The molecular formula is C22H25N3O3S2. The van der Waals surface area contributed by atoms with Crippen LogP contribution in [0.4, 0.5) is 5.69 Å². The van der Waals surface area contributed by atoms with Crippen LogP contribution in [-0.2, 0) is 17.6 Å². The summed E-state index contributed by atoms with van der Waals surface area (Å²) in [5, 5.41) is 4.98. The zero-order valence-corrected chi connectivity index (χ0v) is 19.2. The average molecular weight is 444 g/mol. The normalized spacial score (nSPS) is 15.7. The highest BCUT2D eigenvalue weighted by atomic mass is 32.2. The van der Waals surface area contributed by atoms with Crippen LogP contribution in [0, 0.1) is 12.8 Å². The van der Waals surface area contributed by atoms with Crippen LogP contribution in [-0.4, -0.2) is 35.8 Å². The van der Waals surface area contributed by atoms with E-state index in [1.807, 2.05) is 6.92 Å². The first-order valence-electron chi connectivity index (χ1n) is 9.91. The second-order valence-electron chi connectivity index (χ2n) is 7.55. The Balaban J connectivity index is 1.53. The lowest BCUT2D eigenvalue weighted by molar-refractivity contribution is -0.113.